The summed E-state index contributed by atoms with van der Waals surface area (Å²) in [5.74, 6) is -1.14. The van der Waals surface area contributed by atoms with Crippen LogP contribution in [0.2, 0.25) is 0 Å². The van der Waals surface area contributed by atoms with E-state index in [1.165, 1.54) is 0 Å². The van der Waals surface area contributed by atoms with Crippen LogP contribution in [0.5, 0.6) is 11.6 Å². The number of alkyl halides is 2. The Labute approximate surface area is 88.4 Å². The van der Waals surface area contributed by atoms with E-state index in [0.717, 1.165) is 13.3 Å². The third kappa shape index (κ3) is 2.15. The number of hydrogen-bond acceptors (Lipinski definition) is 4. The fraction of sp³-hybridized carbons (Fsp3) is 0.250. The molecule has 15 heavy (non-hydrogen) atoms. The van der Waals surface area contributed by atoms with Crippen molar-refractivity contribution in [1.82, 2.24) is 4.98 Å². The minimum Gasteiger partial charge on any atom is -0.506 e. The van der Waals surface area contributed by atoms with Gasteiger partial charge in [0.15, 0.2) is 0 Å². The zero-order chi connectivity index (χ0) is 11.6. The molecule has 0 aliphatic heterocycles. The number of hydrogen-bond donors (Lipinski definition) is 1. The normalized spacial score (nSPS) is 10.5. The fourth-order valence-corrected chi connectivity index (χ4v) is 1.27. The Hall–Kier alpha value is -1.43. The van der Waals surface area contributed by atoms with Gasteiger partial charge in [-0.15, -0.1) is 0 Å². The van der Waals surface area contributed by atoms with Crippen LogP contribution in [0.4, 0.5) is 8.78 Å². The highest BCUT2D eigenvalue weighted by molar-refractivity contribution is 6.68. The predicted molar refractivity (Wildman–Crippen MR) is 47.6 cm³/mol. The zero-order valence-corrected chi connectivity index (χ0v) is 8.26. The highest BCUT2D eigenvalue weighted by Crippen LogP contribution is 2.35. The Morgan fingerprint density at radius 1 is 1.67 bits per heavy atom. The van der Waals surface area contributed by atoms with Gasteiger partial charge in [0.1, 0.15) is 5.75 Å². The number of carbonyl (C=O) groups excluding carboxylic acids is 1. The first-order chi connectivity index (χ1) is 6.99. The van der Waals surface area contributed by atoms with E-state index in [9.17, 15) is 18.7 Å². The van der Waals surface area contributed by atoms with Crippen LogP contribution in [0.1, 0.15) is 22.3 Å². The molecule has 0 aromatic carbocycles. The van der Waals surface area contributed by atoms with Crippen molar-refractivity contribution in [3.8, 4) is 11.6 Å². The van der Waals surface area contributed by atoms with Crippen LogP contribution in [0, 0.1) is 0 Å². The van der Waals surface area contributed by atoms with Gasteiger partial charge in [-0.2, -0.15) is 0 Å². The van der Waals surface area contributed by atoms with E-state index in [-0.39, 0.29) is 0 Å². The molecule has 0 radical (unpaired) electrons. The van der Waals surface area contributed by atoms with Crippen molar-refractivity contribution < 1.29 is 23.4 Å². The summed E-state index contributed by atoms with van der Waals surface area (Å²) in [5.41, 5.74) is -1.49. The number of pyridine rings is 1. The number of aromatic hydroxyl groups is 1. The van der Waals surface area contributed by atoms with Crippen molar-refractivity contribution in [2.75, 3.05) is 7.11 Å². The van der Waals surface area contributed by atoms with E-state index < -0.39 is 34.4 Å². The maximum Gasteiger partial charge on any atom is 0.269 e. The number of halogens is 3. The molecule has 4 nitrogen and oxygen atoms in total. The SMILES string of the molecule is COc1ncc(O)c(C(=O)Cl)c1C(F)F. The first-order valence-corrected chi connectivity index (χ1v) is 4.10. The quantitative estimate of drug-likeness (QED) is 0.818. The number of aromatic nitrogens is 1. The number of carbonyl (C=O) groups is 1. The summed E-state index contributed by atoms with van der Waals surface area (Å²) >= 11 is 5.07. The Morgan fingerprint density at radius 2 is 2.27 bits per heavy atom. The van der Waals surface area contributed by atoms with Crippen molar-refractivity contribution in [1.29, 1.82) is 0 Å². The maximum atomic E-state index is 12.6. The summed E-state index contributed by atoms with van der Waals surface area (Å²) < 4.78 is 29.7. The standard InChI is InChI=1S/C8H6ClF2NO3/c1-15-8-5(7(10)11)4(6(9)14)3(13)2-12-8/h2,7,13H,1H3. The van der Waals surface area contributed by atoms with E-state index in [1.54, 1.807) is 0 Å². The van der Waals surface area contributed by atoms with Crippen LogP contribution in [0.15, 0.2) is 6.20 Å². The largest absolute Gasteiger partial charge is 0.506 e. The molecule has 7 heteroatoms. The van der Waals surface area contributed by atoms with Gasteiger partial charge in [-0.25, -0.2) is 13.8 Å². The molecule has 1 rings (SSSR count). The molecule has 1 aromatic rings. The lowest BCUT2D eigenvalue weighted by molar-refractivity contribution is 0.105. The summed E-state index contributed by atoms with van der Waals surface area (Å²) in [4.78, 5) is 14.2. The van der Waals surface area contributed by atoms with E-state index in [4.69, 9.17) is 11.6 Å². The van der Waals surface area contributed by atoms with Gasteiger partial charge in [0.05, 0.1) is 24.4 Å². The smallest absolute Gasteiger partial charge is 0.269 e. The second-order valence-corrected chi connectivity index (χ2v) is 2.86. The lowest BCUT2D eigenvalue weighted by atomic mass is 10.1. The van der Waals surface area contributed by atoms with Crippen LogP contribution in [0.3, 0.4) is 0 Å². The Balaban J connectivity index is 3.51. The van der Waals surface area contributed by atoms with Gasteiger partial charge in [0, 0.05) is 0 Å². The lowest BCUT2D eigenvalue weighted by Gasteiger charge is -2.10. The Kier molecular flexibility index (Phi) is 3.41. The average molecular weight is 238 g/mol. The first kappa shape index (κ1) is 11.6. The third-order valence-corrected chi connectivity index (χ3v) is 1.86. The molecular formula is C8H6ClF2NO3. The van der Waals surface area contributed by atoms with E-state index in [2.05, 4.69) is 9.72 Å². The summed E-state index contributed by atoms with van der Waals surface area (Å²) in [7, 11) is 1.12. The summed E-state index contributed by atoms with van der Waals surface area (Å²) in [6.45, 7) is 0. The molecule has 0 aliphatic carbocycles. The zero-order valence-electron chi connectivity index (χ0n) is 7.50. The molecule has 82 valence electrons. The molecule has 1 heterocycles. The molecule has 1 N–H and O–H groups in total. The van der Waals surface area contributed by atoms with Gasteiger partial charge >= 0.3 is 0 Å². The van der Waals surface area contributed by atoms with Crippen molar-refractivity contribution in [2.45, 2.75) is 6.43 Å². The van der Waals surface area contributed by atoms with Crippen LogP contribution in [-0.2, 0) is 0 Å². The molecule has 0 spiro atoms. The van der Waals surface area contributed by atoms with Crippen molar-refractivity contribution >= 4 is 16.8 Å². The molecular weight excluding hydrogens is 232 g/mol. The maximum absolute atomic E-state index is 12.6. The van der Waals surface area contributed by atoms with Gasteiger partial charge in [-0.1, -0.05) is 0 Å². The van der Waals surface area contributed by atoms with E-state index in [1.807, 2.05) is 0 Å². The molecule has 0 aliphatic rings. The fourth-order valence-electron chi connectivity index (χ4n) is 1.07. The molecule has 0 amide bonds. The van der Waals surface area contributed by atoms with Gasteiger partial charge < -0.3 is 9.84 Å². The number of rotatable bonds is 3. The topological polar surface area (TPSA) is 59.4 Å². The lowest BCUT2D eigenvalue weighted by Crippen LogP contribution is -2.04. The van der Waals surface area contributed by atoms with Crippen LogP contribution < -0.4 is 4.74 Å². The molecule has 0 fully saturated rings. The first-order valence-electron chi connectivity index (χ1n) is 3.72. The molecule has 0 saturated carbocycles. The van der Waals surface area contributed by atoms with Crippen molar-refractivity contribution in [3.63, 3.8) is 0 Å². The molecule has 0 bridgehead atoms. The predicted octanol–water partition coefficient (Wildman–Crippen LogP) is 2.11. The van der Waals surface area contributed by atoms with Gasteiger partial charge in [0.2, 0.25) is 5.88 Å². The number of methoxy groups -OCH3 is 1. The van der Waals surface area contributed by atoms with Crippen LogP contribution >= 0.6 is 11.6 Å². The monoisotopic (exact) mass is 237 g/mol. The average Bonchev–Trinajstić information content (AvgIpc) is 2.16. The van der Waals surface area contributed by atoms with Crippen molar-refractivity contribution in [2.24, 2.45) is 0 Å². The second-order valence-electron chi connectivity index (χ2n) is 2.52. The van der Waals surface area contributed by atoms with Gasteiger partial charge in [0.25, 0.3) is 11.7 Å². The molecule has 0 atom stereocenters. The Bertz CT molecular complexity index is 398. The Morgan fingerprint density at radius 3 is 2.67 bits per heavy atom. The van der Waals surface area contributed by atoms with Gasteiger partial charge in [-0.05, 0) is 11.6 Å². The van der Waals surface area contributed by atoms with Crippen LogP contribution in [-0.4, -0.2) is 22.4 Å². The summed E-state index contributed by atoms with van der Waals surface area (Å²) in [6, 6.07) is 0. The van der Waals surface area contributed by atoms with Crippen molar-refractivity contribution in [3.05, 3.63) is 17.3 Å². The molecule has 1 aromatic heterocycles. The highest BCUT2D eigenvalue weighted by atomic mass is 35.5. The number of nitrogens with zero attached hydrogens (tertiary/aromatic N) is 1. The molecule has 0 saturated heterocycles. The second kappa shape index (κ2) is 4.39. The van der Waals surface area contributed by atoms with Crippen LogP contribution in [0.25, 0.3) is 0 Å². The summed E-state index contributed by atoms with van der Waals surface area (Å²) in [5, 5.41) is 7.98. The van der Waals surface area contributed by atoms with E-state index >= 15 is 0 Å². The van der Waals surface area contributed by atoms with E-state index in [0.29, 0.717) is 0 Å². The minimum absolute atomic E-state index is 0.438. The highest BCUT2D eigenvalue weighted by Gasteiger charge is 2.26. The van der Waals surface area contributed by atoms with Gasteiger partial charge in [-0.3, -0.25) is 4.79 Å². The number of ether oxygens (including phenoxy) is 1. The minimum atomic E-state index is -3.02. The molecule has 0 unspecified atom stereocenters. The third-order valence-electron chi connectivity index (χ3n) is 1.67. The summed E-state index contributed by atoms with van der Waals surface area (Å²) in [6.07, 6.45) is -2.20.